The van der Waals surface area contributed by atoms with Crippen molar-refractivity contribution in [1.82, 2.24) is 0 Å². The van der Waals surface area contributed by atoms with Gasteiger partial charge in [-0.05, 0) is 24.1 Å². The Labute approximate surface area is 78.6 Å². The third-order valence-electron chi connectivity index (χ3n) is 2.79. The zero-order valence-electron chi connectivity index (χ0n) is 9.18. The molecule has 0 saturated carbocycles. The van der Waals surface area contributed by atoms with Gasteiger partial charge in [0.25, 0.3) is 0 Å². The molecule has 0 saturated heterocycles. The van der Waals surface area contributed by atoms with Gasteiger partial charge in [-0.15, -0.1) is 0 Å². The van der Waals surface area contributed by atoms with Crippen molar-refractivity contribution >= 4 is 8.32 Å². The lowest BCUT2D eigenvalue weighted by atomic mass is 10.5. The molecule has 0 atom stereocenters. The van der Waals surface area contributed by atoms with Gasteiger partial charge in [0.2, 0.25) is 0 Å². The fraction of sp³-hybridized carbons (Fsp3) is 0.900. The van der Waals surface area contributed by atoms with E-state index in [1.54, 1.807) is 0 Å². The average molecular weight is 187 g/mol. The van der Waals surface area contributed by atoms with Gasteiger partial charge in [-0.3, -0.25) is 0 Å². The maximum Gasteiger partial charge on any atom is 0.194 e. The number of hydrogen-bond acceptors (Lipinski definition) is 1. The molecule has 0 unspecified atom stereocenters. The predicted molar refractivity (Wildman–Crippen MR) is 57.7 cm³/mol. The molecule has 12 heavy (non-hydrogen) atoms. The van der Waals surface area contributed by atoms with Crippen LogP contribution in [0.15, 0.2) is 0 Å². The van der Waals surface area contributed by atoms with E-state index in [0.29, 0.717) is 0 Å². The minimum Gasteiger partial charge on any atom is -0.416 e. The number of rotatable bonds is 6. The standard InChI is InChI=1S/C10H23OSi/c1-6-9-11-12(7-2,8-3)10(4)5/h6,10H,7-9H2,1-5H3. The molecule has 0 fully saturated rings. The molecule has 0 aliphatic rings. The average Bonchev–Trinajstić information content (AvgIpc) is 2.07. The third kappa shape index (κ3) is 2.90. The monoisotopic (exact) mass is 187 g/mol. The van der Waals surface area contributed by atoms with Crippen molar-refractivity contribution in [2.24, 2.45) is 0 Å². The van der Waals surface area contributed by atoms with Crippen molar-refractivity contribution in [1.29, 1.82) is 0 Å². The maximum absolute atomic E-state index is 6.02. The van der Waals surface area contributed by atoms with Gasteiger partial charge in [0, 0.05) is 6.61 Å². The van der Waals surface area contributed by atoms with E-state index in [2.05, 4.69) is 41.0 Å². The first-order chi connectivity index (χ1) is 5.63. The summed E-state index contributed by atoms with van der Waals surface area (Å²) >= 11 is 0. The molecule has 0 spiro atoms. The van der Waals surface area contributed by atoms with Crippen molar-refractivity contribution in [3.63, 3.8) is 0 Å². The van der Waals surface area contributed by atoms with E-state index in [0.717, 1.165) is 12.1 Å². The molecule has 0 rings (SSSR count). The van der Waals surface area contributed by atoms with E-state index in [4.69, 9.17) is 4.43 Å². The Hall–Kier alpha value is 0.177. The van der Waals surface area contributed by atoms with E-state index in [1.165, 1.54) is 12.1 Å². The molecule has 0 aromatic heterocycles. The van der Waals surface area contributed by atoms with Gasteiger partial charge in [0.1, 0.15) is 0 Å². The summed E-state index contributed by atoms with van der Waals surface area (Å²) in [5, 5.41) is 0. The highest BCUT2D eigenvalue weighted by atomic mass is 28.4. The summed E-state index contributed by atoms with van der Waals surface area (Å²) in [5.74, 6) is 0. The van der Waals surface area contributed by atoms with Gasteiger partial charge in [-0.2, -0.15) is 0 Å². The first-order valence-corrected chi connectivity index (χ1v) is 7.44. The van der Waals surface area contributed by atoms with Crippen molar-refractivity contribution in [3.8, 4) is 0 Å². The summed E-state index contributed by atoms with van der Waals surface area (Å²) in [6.07, 6.45) is 2.11. The van der Waals surface area contributed by atoms with Crippen molar-refractivity contribution < 1.29 is 4.43 Å². The van der Waals surface area contributed by atoms with E-state index < -0.39 is 8.32 Å². The lowest BCUT2D eigenvalue weighted by Gasteiger charge is -2.33. The Morgan fingerprint density at radius 3 is 2.00 bits per heavy atom. The molecule has 0 heterocycles. The lowest BCUT2D eigenvalue weighted by Crippen LogP contribution is -2.40. The van der Waals surface area contributed by atoms with Crippen LogP contribution >= 0.6 is 0 Å². The van der Waals surface area contributed by atoms with E-state index in [1.807, 2.05) is 0 Å². The molecular weight excluding hydrogens is 164 g/mol. The molecular formula is C10H23OSi. The highest BCUT2D eigenvalue weighted by Crippen LogP contribution is 2.29. The minimum atomic E-state index is -1.37. The van der Waals surface area contributed by atoms with Crippen LogP contribution in [-0.4, -0.2) is 14.9 Å². The Morgan fingerprint density at radius 1 is 1.25 bits per heavy atom. The smallest absolute Gasteiger partial charge is 0.194 e. The lowest BCUT2D eigenvalue weighted by molar-refractivity contribution is 0.322. The van der Waals surface area contributed by atoms with Gasteiger partial charge in [-0.25, -0.2) is 0 Å². The summed E-state index contributed by atoms with van der Waals surface area (Å²) in [6.45, 7) is 12.0. The van der Waals surface area contributed by atoms with Crippen LogP contribution in [0.25, 0.3) is 0 Å². The van der Waals surface area contributed by atoms with Crippen LogP contribution in [0.3, 0.4) is 0 Å². The topological polar surface area (TPSA) is 9.23 Å². The van der Waals surface area contributed by atoms with E-state index >= 15 is 0 Å². The van der Waals surface area contributed by atoms with Crippen LogP contribution in [0.4, 0.5) is 0 Å². The first-order valence-electron chi connectivity index (χ1n) is 5.04. The van der Waals surface area contributed by atoms with Crippen molar-refractivity contribution in [2.75, 3.05) is 6.61 Å². The van der Waals surface area contributed by atoms with Crippen LogP contribution in [0.1, 0.15) is 34.6 Å². The summed E-state index contributed by atoms with van der Waals surface area (Å²) in [7, 11) is -1.37. The van der Waals surface area contributed by atoms with E-state index in [-0.39, 0.29) is 0 Å². The van der Waals surface area contributed by atoms with Crippen LogP contribution < -0.4 is 0 Å². The van der Waals surface area contributed by atoms with Gasteiger partial charge in [0.15, 0.2) is 8.32 Å². The molecule has 0 N–H and O–H groups in total. The largest absolute Gasteiger partial charge is 0.416 e. The Morgan fingerprint density at radius 2 is 1.75 bits per heavy atom. The van der Waals surface area contributed by atoms with Crippen LogP contribution in [0.2, 0.25) is 17.6 Å². The highest BCUT2D eigenvalue weighted by molar-refractivity contribution is 6.74. The predicted octanol–water partition coefficient (Wildman–Crippen LogP) is 3.62. The molecule has 0 bridgehead atoms. The molecule has 73 valence electrons. The molecule has 0 aliphatic heterocycles. The molecule has 1 radical (unpaired) electrons. The number of hydrogen-bond donors (Lipinski definition) is 0. The zero-order valence-corrected chi connectivity index (χ0v) is 10.2. The maximum atomic E-state index is 6.02. The quantitative estimate of drug-likeness (QED) is 0.577. The first kappa shape index (κ1) is 12.2. The van der Waals surface area contributed by atoms with E-state index in [9.17, 15) is 0 Å². The summed E-state index contributed by atoms with van der Waals surface area (Å²) < 4.78 is 6.02. The second-order valence-corrected chi connectivity index (χ2v) is 8.63. The normalized spacial score (nSPS) is 12.5. The highest BCUT2D eigenvalue weighted by Gasteiger charge is 2.34. The molecule has 0 amide bonds. The fourth-order valence-corrected chi connectivity index (χ4v) is 5.06. The minimum absolute atomic E-state index is 0.743. The SMILES string of the molecule is C[CH]CO[Si](CC)(CC)C(C)C. The molecule has 0 aromatic rings. The van der Waals surface area contributed by atoms with Crippen LogP contribution in [0, 0.1) is 6.42 Å². The molecule has 1 nitrogen and oxygen atoms in total. The van der Waals surface area contributed by atoms with Crippen molar-refractivity contribution in [3.05, 3.63) is 6.42 Å². The Bertz CT molecular complexity index is 108. The Balaban J connectivity index is 4.15. The van der Waals surface area contributed by atoms with Gasteiger partial charge in [-0.1, -0.05) is 34.6 Å². The summed E-state index contributed by atoms with van der Waals surface area (Å²) in [6, 6.07) is 2.49. The molecule has 0 aromatic carbocycles. The molecule has 2 heteroatoms. The van der Waals surface area contributed by atoms with Crippen molar-refractivity contribution in [2.45, 2.75) is 52.2 Å². The second-order valence-electron chi connectivity index (χ2n) is 3.65. The third-order valence-corrected chi connectivity index (χ3v) is 8.03. The van der Waals surface area contributed by atoms with Gasteiger partial charge in [0.05, 0.1) is 0 Å². The molecule has 0 aliphatic carbocycles. The Kier molecular flexibility index (Phi) is 5.84. The van der Waals surface area contributed by atoms with Gasteiger partial charge < -0.3 is 4.43 Å². The van der Waals surface area contributed by atoms with Crippen LogP contribution in [0.5, 0.6) is 0 Å². The van der Waals surface area contributed by atoms with Crippen LogP contribution in [-0.2, 0) is 4.43 Å². The summed E-state index contributed by atoms with van der Waals surface area (Å²) in [5.41, 5.74) is 0.743. The zero-order chi connectivity index (χ0) is 9.61. The second kappa shape index (κ2) is 5.76. The van der Waals surface area contributed by atoms with Gasteiger partial charge >= 0.3 is 0 Å². The fourth-order valence-electron chi connectivity index (χ4n) is 1.69. The summed E-state index contributed by atoms with van der Waals surface area (Å²) in [4.78, 5) is 0.